The Morgan fingerprint density at radius 1 is 1.12 bits per heavy atom. The summed E-state index contributed by atoms with van der Waals surface area (Å²) < 4.78 is 51.9. The average molecular weight is 488 g/mol. The minimum Gasteiger partial charge on any atom is -0.379 e. The zero-order valence-electron chi connectivity index (χ0n) is 18.8. The highest BCUT2D eigenvalue weighted by atomic mass is 32.2. The first-order valence-electron chi connectivity index (χ1n) is 11.0. The third-order valence-electron chi connectivity index (χ3n) is 5.66. The Hall–Kier alpha value is -3.08. The highest BCUT2D eigenvalue weighted by molar-refractivity contribution is 7.89. The van der Waals surface area contributed by atoms with Crippen molar-refractivity contribution in [2.45, 2.75) is 17.7 Å². The van der Waals surface area contributed by atoms with Crippen molar-refractivity contribution in [3.63, 3.8) is 0 Å². The molecule has 1 aliphatic rings. The van der Waals surface area contributed by atoms with E-state index in [9.17, 15) is 17.6 Å². The van der Waals surface area contributed by atoms with Gasteiger partial charge in [-0.15, -0.1) is 0 Å². The van der Waals surface area contributed by atoms with Gasteiger partial charge >= 0.3 is 0 Å². The van der Waals surface area contributed by atoms with E-state index >= 15 is 0 Å². The van der Waals surface area contributed by atoms with Crippen molar-refractivity contribution in [3.8, 4) is 11.3 Å². The fourth-order valence-corrected chi connectivity index (χ4v) is 5.25. The Bertz CT molecular complexity index is 1240. The standard InChI is InChI=1S/C24H26FN3O5S/c1-27(11-5-8-20-17-22(26-33-20)18-6-3-2-4-7-18)24(29)19-9-10-21(25)23(16-19)34(30,31)28-12-14-32-15-13-28/h2-4,6-7,9-10,16-17H,5,8,11-15H2,1H3. The van der Waals surface area contributed by atoms with Crippen LogP contribution in [0, 0.1) is 5.82 Å². The number of aryl methyl sites for hydroxylation is 1. The summed E-state index contributed by atoms with van der Waals surface area (Å²) in [7, 11) is -2.44. The largest absolute Gasteiger partial charge is 0.379 e. The summed E-state index contributed by atoms with van der Waals surface area (Å²) in [4.78, 5) is 13.9. The lowest BCUT2D eigenvalue weighted by atomic mass is 10.1. The van der Waals surface area contributed by atoms with Crippen molar-refractivity contribution in [3.05, 3.63) is 71.7 Å². The Kier molecular flexibility index (Phi) is 7.40. The van der Waals surface area contributed by atoms with Crippen molar-refractivity contribution in [2.24, 2.45) is 0 Å². The molecule has 34 heavy (non-hydrogen) atoms. The summed E-state index contributed by atoms with van der Waals surface area (Å²) in [5.41, 5.74) is 1.83. The van der Waals surface area contributed by atoms with Crippen LogP contribution >= 0.6 is 0 Å². The molecule has 0 radical (unpaired) electrons. The topological polar surface area (TPSA) is 93.0 Å². The SMILES string of the molecule is CN(CCCc1cc(-c2ccccc2)no1)C(=O)c1ccc(F)c(S(=O)(=O)N2CCOCC2)c1. The number of morpholine rings is 1. The fraction of sp³-hybridized carbons (Fsp3) is 0.333. The lowest BCUT2D eigenvalue weighted by Gasteiger charge is -2.26. The van der Waals surface area contributed by atoms with E-state index < -0.39 is 20.7 Å². The predicted octanol–water partition coefficient (Wildman–Crippen LogP) is 3.21. The molecule has 1 aromatic heterocycles. The molecule has 0 spiro atoms. The molecule has 4 rings (SSSR count). The fourth-order valence-electron chi connectivity index (χ4n) is 3.75. The number of carbonyl (C=O) groups is 1. The Morgan fingerprint density at radius 3 is 2.59 bits per heavy atom. The maximum atomic E-state index is 14.4. The van der Waals surface area contributed by atoms with Gasteiger partial charge in [0.1, 0.15) is 22.2 Å². The molecular formula is C24H26FN3O5S. The van der Waals surface area contributed by atoms with E-state index in [1.54, 1.807) is 7.05 Å². The third-order valence-corrected chi connectivity index (χ3v) is 7.57. The van der Waals surface area contributed by atoms with Crippen LogP contribution in [0.15, 0.2) is 64.0 Å². The smallest absolute Gasteiger partial charge is 0.253 e. The second-order valence-electron chi connectivity index (χ2n) is 8.04. The summed E-state index contributed by atoms with van der Waals surface area (Å²) >= 11 is 0. The van der Waals surface area contributed by atoms with Crippen LogP contribution in [0.5, 0.6) is 0 Å². The number of aromatic nitrogens is 1. The van der Waals surface area contributed by atoms with Gasteiger partial charge < -0.3 is 14.2 Å². The number of carbonyl (C=O) groups excluding carboxylic acids is 1. The summed E-state index contributed by atoms with van der Waals surface area (Å²) in [6, 6.07) is 15.0. The van der Waals surface area contributed by atoms with Gasteiger partial charge in [0.2, 0.25) is 10.0 Å². The van der Waals surface area contributed by atoms with Crippen LogP contribution in [0.1, 0.15) is 22.5 Å². The van der Waals surface area contributed by atoms with E-state index in [0.717, 1.165) is 23.4 Å². The molecule has 0 aliphatic carbocycles. The number of ether oxygens (including phenoxy) is 1. The lowest BCUT2D eigenvalue weighted by Crippen LogP contribution is -2.41. The summed E-state index contributed by atoms with van der Waals surface area (Å²) in [6.45, 7) is 1.20. The maximum absolute atomic E-state index is 14.4. The molecular weight excluding hydrogens is 461 g/mol. The zero-order chi connectivity index (χ0) is 24.1. The van der Waals surface area contributed by atoms with Crippen LogP contribution in [0.25, 0.3) is 11.3 Å². The molecule has 8 nitrogen and oxygen atoms in total. The van der Waals surface area contributed by atoms with Gasteiger partial charge in [-0.25, -0.2) is 12.8 Å². The number of rotatable bonds is 8. The van der Waals surface area contributed by atoms with E-state index in [-0.39, 0.29) is 37.8 Å². The highest BCUT2D eigenvalue weighted by Crippen LogP contribution is 2.23. The lowest BCUT2D eigenvalue weighted by molar-refractivity contribution is 0.0729. The monoisotopic (exact) mass is 487 g/mol. The maximum Gasteiger partial charge on any atom is 0.253 e. The van der Waals surface area contributed by atoms with Crippen LogP contribution in [-0.2, 0) is 21.2 Å². The van der Waals surface area contributed by atoms with E-state index in [2.05, 4.69) is 5.16 Å². The van der Waals surface area contributed by atoms with Gasteiger partial charge in [0.15, 0.2) is 0 Å². The predicted molar refractivity (Wildman–Crippen MR) is 123 cm³/mol. The van der Waals surface area contributed by atoms with E-state index in [4.69, 9.17) is 9.26 Å². The highest BCUT2D eigenvalue weighted by Gasteiger charge is 2.30. The number of halogens is 1. The number of amides is 1. The van der Waals surface area contributed by atoms with Crippen LogP contribution in [-0.4, -0.2) is 68.6 Å². The number of hydrogen-bond donors (Lipinski definition) is 0. The molecule has 0 atom stereocenters. The number of sulfonamides is 1. The van der Waals surface area contributed by atoms with Crippen LogP contribution in [0.4, 0.5) is 4.39 Å². The van der Waals surface area contributed by atoms with Gasteiger partial charge in [0, 0.05) is 50.3 Å². The minimum absolute atomic E-state index is 0.113. The zero-order valence-corrected chi connectivity index (χ0v) is 19.6. The second-order valence-corrected chi connectivity index (χ2v) is 9.94. The molecule has 2 aromatic carbocycles. The van der Waals surface area contributed by atoms with Crippen molar-refractivity contribution in [1.82, 2.24) is 14.4 Å². The first-order valence-corrected chi connectivity index (χ1v) is 12.4. The van der Waals surface area contributed by atoms with Gasteiger partial charge in [0.25, 0.3) is 5.91 Å². The van der Waals surface area contributed by atoms with Gasteiger partial charge in [-0.2, -0.15) is 4.31 Å². The van der Waals surface area contributed by atoms with Crippen LogP contribution in [0.3, 0.4) is 0 Å². The van der Waals surface area contributed by atoms with Gasteiger partial charge in [0.05, 0.1) is 13.2 Å². The molecule has 180 valence electrons. The minimum atomic E-state index is -4.06. The molecule has 1 amide bonds. The van der Waals surface area contributed by atoms with Gasteiger partial charge in [-0.3, -0.25) is 4.79 Å². The Balaban J connectivity index is 1.38. The molecule has 1 fully saturated rings. The van der Waals surface area contributed by atoms with Crippen molar-refractivity contribution in [2.75, 3.05) is 39.9 Å². The van der Waals surface area contributed by atoms with E-state index in [1.165, 1.54) is 15.3 Å². The molecule has 2 heterocycles. The van der Waals surface area contributed by atoms with Crippen molar-refractivity contribution >= 4 is 15.9 Å². The Morgan fingerprint density at radius 2 is 1.85 bits per heavy atom. The Labute approximate surface area is 198 Å². The molecule has 0 unspecified atom stereocenters. The number of hydrogen-bond acceptors (Lipinski definition) is 6. The van der Waals surface area contributed by atoms with Gasteiger partial charge in [-0.05, 0) is 24.6 Å². The summed E-state index contributed by atoms with van der Waals surface area (Å²) in [5, 5.41) is 4.09. The quantitative estimate of drug-likeness (QED) is 0.485. The summed E-state index contributed by atoms with van der Waals surface area (Å²) in [6.07, 6.45) is 1.20. The molecule has 1 saturated heterocycles. The van der Waals surface area contributed by atoms with Crippen molar-refractivity contribution in [1.29, 1.82) is 0 Å². The normalized spacial score (nSPS) is 14.8. The van der Waals surface area contributed by atoms with E-state index in [1.807, 2.05) is 36.4 Å². The van der Waals surface area contributed by atoms with Gasteiger partial charge in [-0.1, -0.05) is 35.5 Å². The number of nitrogens with zero attached hydrogens (tertiary/aromatic N) is 3. The molecule has 3 aromatic rings. The first kappa shape index (κ1) is 24.1. The van der Waals surface area contributed by atoms with E-state index in [0.29, 0.717) is 25.1 Å². The third kappa shape index (κ3) is 5.35. The van der Waals surface area contributed by atoms with Crippen LogP contribution in [0.2, 0.25) is 0 Å². The average Bonchev–Trinajstić information content (AvgIpc) is 3.34. The first-order chi connectivity index (χ1) is 16.4. The molecule has 0 saturated carbocycles. The second kappa shape index (κ2) is 10.5. The van der Waals surface area contributed by atoms with Crippen molar-refractivity contribution < 1.29 is 26.9 Å². The van der Waals surface area contributed by atoms with Crippen LogP contribution < -0.4 is 0 Å². The molecule has 0 N–H and O–H groups in total. The number of benzene rings is 2. The molecule has 10 heteroatoms. The summed E-state index contributed by atoms with van der Waals surface area (Å²) in [5.74, 6) is -0.563. The molecule has 1 aliphatic heterocycles. The molecule has 0 bridgehead atoms.